The van der Waals surface area contributed by atoms with Gasteiger partial charge >= 0.3 is 0 Å². The molecule has 0 aromatic heterocycles. The van der Waals surface area contributed by atoms with Crippen LogP contribution in [0.5, 0.6) is 5.75 Å². The van der Waals surface area contributed by atoms with Gasteiger partial charge in [-0.3, -0.25) is 4.72 Å². The van der Waals surface area contributed by atoms with E-state index in [-0.39, 0.29) is 5.75 Å². The molecule has 0 radical (unpaired) electrons. The molecule has 1 aromatic carbocycles. The van der Waals surface area contributed by atoms with Crippen molar-refractivity contribution in [3.63, 3.8) is 0 Å². The molecule has 0 aliphatic heterocycles. The van der Waals surface area contributed by atoms with Gasteiger partial charge in [0.1, 0.15) is 11.0 Å². The summed E-state index contributed by atoms with van der Waals surface area (Å²) in [5.41, 5.74) is 1.69. The van der Waals surface area contributed by atoms with E-state index in [0.717, 1.165) is 0 Å². The fraction of sp³-hybridized carbons (Fsp3) is 0.333. The number of hydrogen-bond acceptors (Lipinski definition) is 3. The number of sulfonamides is 1. The lowest BCUT2D eigenvalue weighted by Crippen LogP contribution is -2.14. The molecule has 1 rings (SSSR count). The van der Waals surface area contributed by atoms with E-state index in [2.05, 4.69) is 4.72 Å². The number of aryl methyl sites for hydroxylation is 2. The fourth-order valence-corrected chi connectivity index (χ4v) is 1.88. The molecule has 0 saturated heterocycles. The summed E-state index contributed by atoms with van der Waals surface area (Å²) in [4.78, 5) is 0. The molecule has 0 aliphatic carbocycles. The third-order valence-corrected chi connectivity index (χ3v) is 3.63. The van der Waals surface area contributed by atoms with E-state index in [1.165, 1.54) is 6.07 Å². The molecule has 0 aliphatic rings. The summed E-state index contributed by atoms with van der Waals surface area (Å²) in [6.45, 7) is 3.39. The average molecular weight is 250 g/mol. The Hall–Kier alpha value is -0.940. The van der Waals surface area contributed by atoms with Crippen LogP contribution in [0, 0.1) is 13.8 Å². The van der Waals surface area contributed by atoms with E-state index in [0.29, 0.717) is 16.8 Å². The highest BCUT2D eigenvalue weighted by atomic mass is 35.5. The molecule has 0 saturated carbocycles. The molecule has 0 heterocycles. The van der Waals surface area contributed by atoms with Gasteiger partial charge in [0.15, 0.2) is 0 Å². The molecular weight excluding hydrogens is 238 g/mol. The summed E-state index contributed by atoms with van der Waals surface area (Å²) in [5.74, 6) is 0.140. The molecule has 15 heavy (non-hydrogen) atoms. The van der Waals surface area contributed by atoms with Crippen LogP contribution in [-0.4, -0.2) is 18.7 Å². The zero-order valence-corrected chi connectivity index (χ0v) is 9.98. The van der Waals surface area contributed by atoms with Crippen molar-refractivity contribution in [3.05, 3.63) is 23.3 Å². The number of benzene rings is 1. The zero-order chi connectivity index (χ0) is 11.6. The molecule has 0 atom stereocenters. The first-order valence-electron chi connectivity index (χ1n) is 4.22. The molecule has 0 fully saturated rings. The summed E-state index contributed by atoms with van der Waals surface area (Å²) in [5, 5.41) is 8.88. The van der Waals surface area contributed by atoms with E-state index in [1.807, 2.05) is 0 Å². The van der Waals surface area contributed by atoms with Crippen LogP contribution in [-0.2, 0) is 10.0 Å². The molecule has 0 unspecified atom stereocenters. The second-order valence-corrected chi connectivity index (χ2v) is 5.59. The number of phenolic OH excluding ortho intramolecular Hbond substituents is 1. The van der Waals surface area contributed by atoms with E-state index in [9.17, 15) is 13.5 Å². The standard InChI is InChI=1S/C9H12ClNO3S/c1-6-4-9(12)7(2)3-8(6)11-15(13,14)5-10/h3-4,11-12H,5H2,1-2H3. The minimum absolute atomic E-state index is 0.140. The number of nitrogens with one attached hydrogen (secondary N) is 1. The fourth-order valence-electron chi connectivity index (χ4n) is 1.11. The van der Waals surface area contributed by atoms with Crippen LogP contribution in [0.25, 0.3) is 0 Å². The Labute approximate surface area is 93.9 Å². The van der Waals surface area contributed by atoms with Gasteiger partial charge in [0.2, 0.25) is 10.0 Å². The minimum Gasteiger partial charge on any atom is -0.508 e. The lowest BCUT2D eigenvalue weighted by molar-refractivity contribution is 0.471. The summed E-state index contributed by atoms with van der Waals surface area (Å²) in [6, 6.07) is 3.07. The minimum atomic E-state index is -3.49. The van der Waals surface area contributed by atoms with Gasteiger partial charge in [0.05, 0.1) is 5.69 Å². The lowest BCUT2D eigenvalue weighted by atomic mass is 10.1. The molecule has 0 spiro atoms. The van der Waals surface area contributed by atoms with Crippen molar-refractivity contribution in [2.24, 2.45) is 0 Å². The number of anilines is 1. The van der Waals surface area contributed by atoms with Gasteiger partial charge in [-0.25, -0.2) is 8.42 Å². The van der Waals surface area contributed by atoms with Crippen molar-refractivity contribution in [3.8, 4) is 5.75 Å². The Morgan fingerprint density at radius 2 is 1.93 bits per heavy atom. The van der Waals surface area contributed by atoms with Gasteiger partial charge in [-0.05, 0) is 37.1 Å². The highest BCUT2D eigenvalue weighted by Gasteiger charge is 2.11. The number of rotatable bonds is 3. The maximum atomic E-state index is 11.2. The zero-order valence-electron chi connectivity index (χ0n) is 8.41. The molecule has 84 valence electrons. The summed E-state index contributed by atoms with van der Waals surface area (Å²) < 4.78 is 24.8. The molecule has 2 N–H and O–H groups in total. The lowest BCUT2D eigenvalue weighted by Gasteiger charge is -2.10. The van der Waals surface area contributed by atoms with Gasteiger partial charge in [-0.15, -0.1) is 11.6 Å². The predicted molar refractivity (Wildman–Crippen MR) is 60.8 cm³/mol. The second kappa shape index (κ2) is 4.28. The molecule has 0 bridgehead atoms. The van der Waals surface area contributed by atoms with Crippen LogP contribution >= 0.6 is 11.6 Å². The van der Waals surface area contributed by atoms with E-state index in [4.69, 9.17) is 11.6 Å². The van der Waals surface area contributed by atoms with Gasteiger partial charge in [-0.1, -0.05) is 0 Å². The highest BCUT2D eigenvalue weighted by molar-refractivity contribution is 7.93. The first kappa shape index (κ1) is 12.1. The van der Waals surface area contributed by atoms with Crippen molar-refractivity contribution in [1.82, 2.24) is 0 Å². The van der Waals surface area contributed by atoms with Crippen molar-refractivity contribution in [1.29, 1.82) is 0 Å². The van der Waals surface area contributed by atoms with Crippen LogP contribution in [0.15, 0.2) is 12.1 Å². The Morgan fingerprint density at radius 3 is 2.47 bits per heavy atom. The second-order valence-electron chi connectivity index (χ2n) is 3.28. The van der Waals surface area contributed by atoms with Crippen LogP contribution in [0.2, 0.25) is 0 Å². The van der Waals surface area contributed by atoms with E-state index >= 15 is 0 Å². The quantitative estimate of drug-likeness (QED) is 0.636. The summed E-state index contributed by atoms with van der Waals surface area (Å²) in [6.07, 6.45) is 0. The first-order chi connectivity index (χ1) is 6.85. The smallest absolute Gasteiger partial charge is 0.246 e. The Balaban J connectivity index is 3.12. The summed E-state index contributed by atoms with van der Waals surface area (Å²) in [7, 11) is -3.49. The summed E-state index contributed by atoms with van der Waals surface area (Å²) >= 11 is 5.27. The highest BCUT2D eigenvalue weighted by Crippen LogP contribution is 2.25. The molecular formula is C9H12ClNO3S. The molecule has 1 aromatic rings. The largest absolute Gasteiger partial charge is 0.508 e. The Bertz CT molecular complexity index is 470. The molecule has 4 nitrogen and oxygen atoms in total. The van der Waals surface area contributed by atoms with Gasteiger partial charge in [0, 0.05) is 0 Å². The van der Waals surface area contributed by atoms with Crippen molar-refractivity contribution in [2.45, 2.75) is 13.8 Å². The Kier molecular flexibility index (Phi) is 3.46. The van der Waals surface area contributed by atoms with E-state index in [1.54, 1.807) is 19.9 Å². The topological polar surface area (TPSA) is 66.4 Å². The van der Waals surface area contributed by atoms with Crippen molar-refractivity contribution in [2.75, 3.05) is 9.93 Å². The van der Waals surface area contributed by atoms with Crippen molar-refractivity contribution >= 4 is 27.3 Å². The molecule has 0 amide bonds. The monoisotopic (exact) mass is 249 g/mol. The maximum absolute atomic E-state index is 11.2. The normalized spacial score (nSPS) is 11.4. The molecule has 6 heteroatoms. The number of halogens is 1. The first-order valence-corrected chi connectivity index (χ1v) is 6.41. The number of phenols is 1. The number of aromatic hydroxyl groups is 1. The van der Waals surface area contributed by atoms with Crippen LogP contribution in [0.4, 0.5) is 5.69 Å². The van der Waals surface area contributed by atoms with Crippen molar-refractivity contribution < 1.29 is 13.5 Å². The van der Waals surface area contributed by atoms with Crippen LogP contribution < -0.4 is 4.72 Å². The SMILES string of the molecule is Cc1cc(NS(=O)(=O)CCl)c(C)cc1O. The number of hydrogen-bond donors (Lipinski definition) is 2. The van der Waals surface area contributed by atoms with Gasteiger partial charge in [0.25, 0.3) is 0 Å². The van der Waals surface area contributed by atoms with E-state index < -0.39 is 15.2 Å². The van der Waals surface area contributed by atoms with Crippen LogP contribution in [0.1, 0.15) is 11.1 Å². The average Bonchev–Trinajstić information content (AvgIpc) is 2.14. The van der Waals surface area contributed by atoms with Gasteiger partial charge < -0.3 is 5.11 Å². The maximum Gasteiger partial charge on any atom is 0.246 e. The number of alkyl halides is 1. The van der Waals surface area contributed by atoms with Gasteiger partial charge in [-0.2, -0.15) is 0 Å². The third kappa shape index (κ3) is 3.00. The third-order valence-electron chi connectivity index (χ3n) is 1.95. The van der Waals surface area contributed by atoms with Crippen LogP contribution in [0.3, 0.4) is 0 Å². The predicted octanol–water partition coefficient (Wildman–Crippen LogP) is 1.95. The Morgan fingerprint density at radius 1 is 1.33 bits per heavy atom.